The summed E-state index contributed by atoms with van der Waals surface area (Å²) in [7, 11) is 0. The smallest absolute Gasteiger partial charge is 0.107 e. The Morgan fingerprint density at radius 2 is 2.18 bits per heavy atom. The molecule has 1 aliphatic heterocycles. The normalized spacial score (nSPS) is 22.9. The molecule has 3 heteroatoms. The molecule has 0 bridgehead atoms. The molecule has 0 aliphatic carbocycles. The van der Waals surface area contributed by atoms with Crippen LogP contribution in [0, 0.1) is 5.92 Å². The van der Waals surface area contributed by atoms with Gasteiger partial charge in [0.2, 0.25) is 0 Å². The van der Waals surface area contributed by atoms with Crippen molar-refractivity contribution in [1.29, 1.82) is 0 Å². The maximum atomic E-state index is 13.2. The van der Waals surface area contributed by atoms with Crippen molar-refractivity contribution in [2.24, 2.45) is 11.7 Å². The van der Waals surface area contributed by atoms with Crippen molar-refractivity contribution >= 4 is 0 Å². The molecule has 3 N–H and O–H groups in total. The summed E-state index contributed by atoms with van der Waals surface area (Å²) in [6.45, 7) is 5.37. The largest absolute Gasteiger partial charge is 0.325 e. The van der Waals surface area contributed by atoms with E-state index >= 15 is 0 Å². The van der Waals surface area contributed by atoms with Crippen LogP contribution in [-0.2, 0) is 0 Å². The van der Waals surface area contributed by atoms with Crippen LogP contribution < -0.4 is 11.1 Å². The molecule has 66 valence electrons. The minimum absolute atomic E-state index is 0.206. The number of hydrogen-bond donors (Lipinski definition) is 2. The van der Waals surface area contributed by atoms with Crippen LogP contribution in [0.15, 0.2) is 0 Å². The summed E-state index contributed by atoms with van der Waals surface area (Å²) < 4.78 is 13.2. The van der Waals surface area contributed by atoms with Gasteiger partial charge in [-0.1, -0.05) is 0 Å². The van der Waals surface area contributed by atoms with Crippen LogP contribution in [0.25, 0.3) is 0 Å². The second-order valence-corrected chi connectivity index (χ2v) is 4.13. The van der Waals surface area contributed by atoms with Crippen LogP contribution in [-0.4, -0.2) is 24.8 Å². The molecule has 0 amide bonds. The maximum absolute atomic E-state index is 13.2. The van der Waals surface area contributed by atoms with Gasteiger partial charge in [-0.3, -0.25) is 0 Å². The average molecular weight is 160 g/mol. The summed E-state index contributed by atoms with van der Waals surface area (Å²) in [5.74, 6) is 0.206. The molecule has 2 nitrogen and oxygen atoms in total. The van der Waals surface area contributed by atoms with Gasteiger partial charge in [-0.05, 0) is 20.3 Å². The number of nitrogens with one attached hydrogen (secondary N) is 1. The topological polar surface area (TPSA) is 38.0 Å². The summed E-state index contributed by atoms with van der Waals surface area (Å²) in [5.41, 5.74) is 5.33. The Morgan fingerprint density at radius 1 is 1.64 bits per heavy atom. The van der Waals surface area contributed by atoms with Crippen LogP contribution in [0.1, 0.15) is 20.3 Å². The lowest BCUT2D eigenvalue weighted by atomic mass is 9.88. The molecular formula is C8H17FN2. The lowest BCUT2D eigenvalue weighted by Gasteiger charge is -2.33. The van der Waals surface area contributed by atoms with E-state index in [9.17, 15) is 4.39 Å². The highest BCUT2D eigenvalue weighted by molar-refractivity contribution is 4.86. The molecule has 0 aromatic rings. The second kappa shape index (κ2) is 3.07. The quantitative estimate of drug-likeness (QED) is 0.637. The second-order valence-electron chi connectivity index (χ2n) is 4.13. The predicted molar refractivity (Wildman–Crippen MR) is 44.1 cm³/mol. The van der Waals surface area contributed by atoms with Gasteiger partial charge >= 0.3 is 0 Å². The van der Waals surface area contributed by atoms with Crippen LogP contribution >= 0.6 is 0 Å². The highest BCUT2D eigenvalue weighted by Crippen LogP contribution is 2.20. The standard InChI is InChI=1S/C8H17FN2/c1-8(2,10)3-7(9)6-4-11-5-6/h6-7,11H,3-5,10H2,1-2H3. The van der Waals surface area contributed by atoms with E-state index in [0.29, 0.717) is 6.42 Å². The van der Waals surface area contributed by atoms with Gasteiger partial charge in [0.15, 0.2) is 0 Å². The van der Waals surface area contributed by atoms with E-state index < -0.39 is 6.17 Å². The van der Waals surface area contributed by atoms with Gasteiger partial charge in [0.25, 0.3) is 0 Å². The lowest BCUT2D eigenvalue weighted by Crippen LogP contribution is -2.49. The summed E-state index contributed by atoms with van der Waals surface area (Å²) in [5, 5.41) is 3.05. The van der Waals surface area contributed by atoms with E-state index in [-0.39, 0.29) is 11.5 Å². The van der Waals surface area contributed by atoms with Crippen molar-refractivity contribution in [1.82, 2.24) is 5.32 Å². The molecule has 1 fully saturated rings. The summed E-state index contributed by atoms with van der Waals surface area (Å²) in [6.07, 6.45) is -0.254. The molecule has 0 spiro atoms. The van der Waals surface area contributed by atoms with Crippen LogP contribution in [0.2, 0.25) is 0 Å². The first-order valence-electron chi connectivity index (χ1n) is 4.13. The van der Waals surface area contributed by atoms with Gasteiger partial charge < -0.3 is 11.1 Å². The lowest BCUT2D eigenvalue weighted by molar-refractivity contribution is 0.138. The number of hydrogen-bond acceptors (Lipinski definition) is 2. The van der Waals surface area contributed by atoms with Crippen LogP contribution in [0.5, 0.6) is 0 Å². The Hall–Kier alpha value is -0.150. The molecule has 1 atom stereocenters. The molecular weight excluding hydrogens is 143 g/mol. The third-order valence-electron chi connectivity index (χ3n) is 2.05. The van der Waals surface area contributed by atoms with Gasteiger partial charge in [-0.15, -0.1) is 0 Å². The van der Waals surface area contributed by atoms with Crippen molar-refractivity contribution in [2.75, 3.05) is 13.1 Å². The molecule has 1 rings (SSSR count). The Kier molecular flexibility index (Phi) is 2.50. The van der Waals surface area contributed by atoms with Crippen LogP contribution in [0.3, 0.4) is 0 Å². The summed E-state index contributed by atoms with van der Waals surface area (Å²) >= 11 is 0. The van der Waals surface area contributed by atoms with Crippen molar-refractivity contribution < 1.29 is 4.39 Å². The fourth-order valence-electron chi connectivity index (χ4n) is 1.24. The first-order chi connectivity index (χ1) is 4.99. The minimum atomic E-state index is -0.726. The Balaban J connectivity index is 2.24. The predicted octanol–water partition coefficient (Wildman–Crippen LogP) is 0.671. The number of nitrogens with two attached hydrogens (primary N) is 1. The van der Waals surface area contributed by atoms with Crippen molar-refractivity contribution in [3.05, 3.63) is 0 Å². The van der Waals surface area contributed by atoms with Gasteiger partial charge in [-0.25, -0.2) is 4.39 Å². The summed E-state index contributed by atoms with van der Waals surface area (Å²) in [4.78, 5) is 0. The molecule has 0 aromatic heterocycles. The molecule has 1 saturated heterocycles. The van der Waals surface area contributed by atoms with E-state index in [1.165, 1.54) is 0 Å². The third-order valence-corrected chi connectivity index (χ3v) is 2.05. The van der Waals surface area contributed by atoms with E-state index in [4.69, 9.17) is 5.73 Å². The van der Waals surface area contributed by atoms with Crippen molar-refractivity contribution in [3.63, 3.8) is 0 Å². The SMILES string of the molecule is CC(C)(N)CC(F)C1CNC1. The van der Waals surface area contributed by atoms with Gasteiger partial charge in [0, 0.05) is 24.5 Å². The zero-order valence-electron chi connectivity index (χ0n) is 7.23. The third kappa shape index (κ3) is 2.75. The first-order valence-corrected chi connectivity index (χ1v) is 4.13. The molecule has 11 heavy (non-hydrogen) atoms. The number of alkyl halides is 1. The first kappa shape index (κ1) is 8.94. The fourth-order valence-corrected chi connectivity index (χ4v) is 1.24. The van der Waals surface area contributed by atoms with Gasteiger partial charge in [-0.2, -0.15) is 0 Å². The zero-order chi connectivity index (χ0) is 8.48. The summed E-state index contributed by atoms with van der Waals surface area (Å²) in [6, 6.07) is 0. The monoisotopic (exact) mass is 160 g/mol. The van der Waals surface area contributed by atoms with E-state index in [0.717, 1.165) is 13.1 Å². The van der Waals surface area contributed by atoms with Crippen LogP contribution in [0.4, 0.5) is 4.39 Å². The molecule has 1 heterocycles. The van der Waals surface area contributed by atoms with Crippen molar-refractivity contribution in [3.8, 4) is 0 Å². The van der Waals surface area contributed by atoms with Gasteiger partial charge in [0.05, 0.1) is 0 Å². The molecule has 0 aromatic carbocycles. The number of halogens is 1. The minimum Gasteiger partial charge on any atom is -0.325 e. The van der Waals surface area contributed by atoms with Gasteiger partial charge in [0.1, 0.15) is 6.17 Å². The molecule has 0 saturated carbocycles. The number of rotatable bonds is 3. The molecule has 0 radical (unpaired) electrons. The Bertz CT molecular complexity index is 127. The molecule has 1 aliphatic rings. The van der Waals surface area contributed by atoms with E-state index in [1.54, 1.807) is 0 Å². The Labute approximate surface area is 67.3 Å². The molecule has 1 unspecified atom stereocenters. The Morgan fingerprint density at radius 3 is 2.45 bits per heavy atom. The van der Waals surface area contributed by atoms with E-state index in [1.807, 2.05) is 13.8 Å². The zero-order valence-corrected chi connectivity index (χ0v) is 7.23. The average Bonchev–Trinajstić information content (AvgIpc) is 1.50. The maximum Gasteiger partial charge on any atom is 0.107 e. The fraction of sp³-hybridized carbons (Fsp3) is 1.00. The highest BCUT2D eigenvalue weighted by Gasteiger charge is 2.30. The highest BCUT2D eigenvalue weighted by atomic mass is 19.1. The van der Waals surface area contributed by atoms with E-state index in [2.05, 4.69) is 5.32 Å². The van der Waals surface area contributed by atoms with Crippen molar-refractivity contribution in [2.45, 2.75) is 32.0 Å².